The number of ether oxygens (including phenoxy) is 1. The van der Waals surface area contributed by atoms with Crippen LogP contribution in [0, 0.1) is 0 Å². The van der Waals surface area contributed by atoms with E-state index >= 15 is 0 Å². The molecule has 1 aromatic rings. The zero-order valence-corrected chi connectivity index (χ0v) is 10.7. The molecule has 0 aliphatic rings. The van der Waals surface area contributed by atoms with Gasteiger partial charge in [-0.2, -0.15) is 0 Å². The maximum Gasteiger partial charge on any atom is 0.0781 e. The van der Waals surface area contributed by atoms with E-state index in [1.807, 2.05) is 38.5 Å². The van der Waals surface area contributed by atoms with E-state index in [0.717, 1.165) is 13.0 Å². The molecule has 1 atom stereocenters. The minimum Gasteiger partial charge on any atom is -0.374 e. The Labute approximate surface area is 98.2 Å². The lowest BCUT2D eigenvalue weighted by Crippen LogP contribution is -2.48. The third-order valence-electron chi connectivity index (χ3n) is 2.89. The van der Waals surface area contributed by atoms with Crippen molar-refractivity contribution < 1.29 is 4.74 Å². The van der Waals surface area contributed by atoms with Gasteiger partial charge in [0.2, 0.25) is 0 Å². The summed E-state index contributed by atoms with van der Waals surface area (Å²) in [6.45, 7) is 7.01. The first-order chi connectivity index (χ1) is 7.60. The first-order valence-electron chi connectivity index (χ1n) is 5.80. The number of pyridine rings is 1. The van der Waals surface area contributed by atoms with Crippen molar-refractivity contribution in [2.45, 2.75) is 38.8 Å². The van der Waals surface area contributed by atoms with Crippen LogP contribution in [0.25, 0.3) is 0 Å². The molecule has 16 heavy (non-hydrogen) atoms. The molecule has 90 valence electrons. The highest BCUT2D eigenvalue weighted by molar-refractivity contribution is 5.12. The van der Waals surface area contributed by atoms with Gasteiger partial charge in [-0.05, 0) is 51.9 Å². The maximum atomic E-state index is 5.78. The molecule has 0 spiro atoms. The molecular weight excluding hydrogens is 200 g/mol. The van der Waals surface area contributed by atoms with E-state index in [1.165, 1.54) is 5.56 Å². The smallest absolute Gasteiger partial charge is 0.0781 e. The van der Waals surface area contributed by atoms with Crippen LogP contribution < -0.4 is 5.32 Å². The van der Waals surface area contributed by atoms with Crippen molar-refractivity contribution in [1.29, 1.82) is 0 Å². The van der Waals surface area contributed by atoms with Crippen LogP contribution in [0.1, 0.15) is 26.3 Å². The molecule has 3 nitrogen and oxygen atoms in total. The fraction of sp³-hybridized carbons (Fsp3) is 0.615. The van der Waals surface area contributed by atoms with Gasteiger partial charge >= 0.3 is 0 Å². The topological polar surface area (TPSA) is 34.1 Å². The Morgan fingerprint density at radius 2 is 2.00 bits per heavy atom. The number of hydrogen-bond donors (Lipinski definition) is 1. The molecule has 0 bridgehead atoms. The van der Waals surface area contributed by atoms with Crippen LogP contribution in [0.15, 0.2) is 24.5 Å². The third kappa shape index (κ3) is 3.58. The summed E-state index contributed by atoms with van der Waals surface area (Å²) in [5, 5.41) is 3.33. The second-order valence-corrected chi connectivity index (χ2v) is 4.44. The molecule has 1 N–H and O–H groups in total. The molecule has 0 saturated heterocycles. The van der Waals surface area contributed by atoms with Gasteiger partial charge in [0.15, 0.2) is 0 Å². The van der Waals surface area contributed by atoms with E-state index in [0.29, 0.717) is 6.04 Å². The monoisotopic (exact) mass is 222 g/mol. The summed E-state index contributed by atoms with van der Waals surface area (Å²) >= 11 is 0. The first kappa shape index (κ1) is 13.1. The molecule has 1 rings (SSSR count). The van der Waals surface area contributed by atoms with Gasteiger partial charge in [-0.1, -0.05) is 0 Å². The molecule has 0 aromatic carbocycles. The van der Waals surface area contributed by atoms with Crippen molar-refractivity contribution >= 4 is 0 Å². The Hall–Kier alpha value is -0.930. The summed E-state index contributed by atoms with van der Waals surface area (Å²) in [5.41, 5.74) is 1.12. The SMILES string of the molecule is CCOC(C)(C)C(Cc1ccncc1)NC. The van der Waals surface area contributed by atoms with Crippen molar-refractivity contribution in [2.75, 3.05) is 13.7 Å². The van der Waals surface area contributed by atoms with Gasteiger partial charge in [0.1, 0.15) is 0 Å². The van der Waals surface area contributed by atoms with Gasteiger partial charge in [-0.15, -0.1) is 0 Å². The number of rotatable bonds is 6. The van der Waals surface area contributed by atoms with Crippen LogP contribution in [0.5, 0.6) is 0 Å². The fourth-order valence-corrected chi connectivity index (χ4v) is 1.92. The molecule has 3 heteroatoms. The highest BCUT2D eigenvalue weighted by Gasteiger charge is 2.28. The Kier molecular flexibility index (Phi) is 4.90. The lowest BCUT2D eigenvalue weighted by Gasteiger charge is -2.34. The van der Waals surface area contributed by atoms with Gasteiger partial charge in [0.25, 0.3) is 0 Å². The molecule has 1 unspecified atom stereocenters. The minimum absolute atomic E-state index is 0.160. The van der Waals surface area contributed by atoms with Gasteiger partial charge < -0.3 is 10.1 Å². The number of nitrogens with zero attached hydrogens (tertiary/aromatic N) is 1. The van der Waals surface area contributed by atoms with Crippen LogP contribution in [-0.4, -0.2) is 30.3 Å². The zero-order valence-electron chi connectivity index (χ0n) is 10.7. The van der Waals surface area contributed by atoms with Crippen LogP contribution in [-0.2, 0) is 11.2 Å². The third-order valence-corrected chi connectivity index (χ3v) is 2.89. The van der Waals surface area contributed by atoms with Crippen molar-refractivity contribution in [3.8, 4) is 0 Å². The predicted molar refractivity (Wildman–Crippen MR) is 66.5 cm³/mol. The largest absolute Gasteiger partial charge is 0.374 e. The lowest BCUT2D eigenvalue weighted by molar-refractivity contribution is -0.0363. The molecule has 0 radical (unpaired) electrons. The quantitative estimate of drug-likeness (QED) is 0.799. The summed E-state index contributed by atoms with van der Waals surface area (Å²) in [4.78, 5) is 4.03. The minimum atomic E-state index is -0.160. The number of aromatic nitrogens is 1. The van der Waals surface area contributed by atoms with Crippen molar-refractivity contribution in [3.63, 3.8) is 0 Å². The van der Waals surface area contributed by atoms with Crippen molar-refractivity contribution in [2.24, 2.45) is 0 Å². The molecule has 1 heterocycles. The van der Waals surface area contributed by atoms with Crippen LogP contribution in [0.4, 0.5) is 0 Å². The van der Waals surface area contributed by atoms with E-state index in [1.54, 1.807) is 0 Å². The normalized spacial score (nSPS) is 13.8. The molecular formula is C13H22N2O. The Bertz CT molecular complexity index is 298. The van der Waals surface area contributed by atoms with E-state index in [4.69, 9.17) is 4.74 Å². The van der Waals surface area contributed by atoms with Gasteiger partial charge in [-0.25, -0.2) is 0 Å². The van der Waals surface area contributed by atoms with E-state index in [2.05, 4.69) is 24.1 Å². The molecule has 0 amide bonds. The lowest BCUT2D eigenvalue weighted by atomic mass is 9.92. The van der Waals surface area contributed by atoms with Crippen molar-refractivity contribution in [3.05, 3.63) is 30.1 Å². The van der Waals surface area contributed by atoms with Gasteiger partial charge in [-0.3, -0.25) is 4.98 Å². The Balaban J connectivity index is 2.69. The number of nitrogens with one attached hydrogen (secondary N) is 1. The van der Waals surface area contributed by atoms with Gasteiger partial charge in [0, 0.05) is 25.0 Å². The highest BCUT2D eigenvalue weighted by Crippen LogP contribution is 2.18. The summed E-state index contributed by atoms with van der Waals surface area (Å²) in [5.74, 6) is 0. The van der Waals surface area contributed by atoms with Crippen molar-refractivity contribution in [1.82, 2.24) is 10.3 Å². The fourth-order valence-electron chi connectivity index (χ4n) is 1.92. The van der Waals surface area contributed by atoms with Crippen LogP contribution >= 0.6 is 0 Å². The molecule has 0 fully saturated rings. The van der Waals surface area contributed by atoms with Gasteiger partial charge in [0.05, 0.1) is 5.60 Å². The highest BCUT2D eigenvalue weighted by atomic mass is 16.5. The molecule has 0 saturated carbocycles. The summed E-state index contributed by atoms with van der Waals surface area (Å²) < 4.78 is 5.78. The number of likely N-dealkylation sites (N-methyl/N-ethyl adjacent to an activating group) is 1. The summed E-state index contributed by atoms with van der Waals surface area (Å²) in [7, 11) is 1.98. The maximum absolute atomic E-state index is 5.78. The summed E-state index contributed by atoms with van der Waals surface area (Å²) in [6.07, 6.45) is 4.61. The number of hydrogen-bond acceptors (Lipinski definition) is 3. The van der Waals surface area contributed by atoms with E-state index in [-0.39, 0.29) is 5.60 Å². The predicted octanol–water partition coefficient (Wildman–Crippen LogP) is 2.03. The molecule has 0 aliphatic carbocycles. The van der Waals surface area contributed by atoms with E-state index < -0.39 is 0 Å². The standard InChI is InChI=1S/C13H22N2O/c1-5-16-13(2,3)12(14-4)10-11-6-8-15-9-7-11/h6-9,12,14H,5,10H2,1-4H3. The second-order valence-electron chi connectivity index (χ2n) is 4.44. The average Bonchev–Trinajstić information content (AvgIpc) is 2.27. The molecule has 1 aromatic heterocycles. The van der Waals surface area contributed by atoms with E-state index in [9.17, 15) is 0 Å². The first-order valence-corrected chi connectivity index (χ1v) is 5.80. The van der Waals surface area contributed by atoms with Crippen LogP contribution in [0.3, 0.4) is 0 Å². The molecule has 0 aliphatic heterocycles. The zero-order chi connectivity index (χ0) is 12.0. The summed E-state index contributed by atoms with van der Waals surface area (Å²) in [6, 6.07) is 4.40. The second kappa shape index (κ2) is 5.97. The Morgan fingerprint density at radius 3 is 2.50 bits per heavy atom. The van der Waals surface area contributed by atoms with Crippen LogP contribution in [0.2, 0.25) is 0 Å². The average molecular weight is 222 g/mol. The Morgan fingerprint density at radius 1 is 1.38 bits per heavy atom.